The van der Waals surface area contributed by atoms with E-state index in [0.717, 1.165) is 17.2 Å². The van der Waals surface area contributed by atoms with Gasteiger partial charge in [-0.2, -0.15) is 0 Å². The number of hydrogen-bond donors (Lipinski definition) is 0. The first-order valence-electron chi connectivity index (χ1n) is 15.5. The van der Waals surface area contributed by atoms with Crippen molar-refractivity contribution in [3.8, 4) is 39.4 Å². The summed E-state index contributed by atoms with van der Waals surface area (Å²) < 4.78 is 9.01. The molecule has 0 atom stereocenters. The fourth-order valence-corrected chi connectivity index (χ4v) is 8.03. The Morgan fingerprint density at radius 2 is 1.00 bits per heavy atom. The predicted molar refractivity (Wildman–Crippen MR) is 184 cm³/mol. The second-order valence-corrected chi connectivity index (χ2v) is 12.1. The number of fused-ring (bicyclic) bond motifs is 12. The van der Waals surface area contributed by atoms with E-state index in [1.165, 1.54) is 66.3 Å². The normalized spacial score (nSPS) is 13.7. The molecule has 2 heteroatoms. The van der Waals surface area contributed by atoms with Crippen LogP contribution in [-0.2, 0) is 5.41 Å². The second-order valence-electron chi connectivity index (χ2n) is 12.1. The molecule has 1 spiro atoms. The maximum Gasteiger partial charge on any atom is 0.132 e. The molecule has 1 aliphatic heterocycles. The zero-order valence-electron chi connectivity index (χ0n) is 24.4. The van der Waals surface area contributed by atoms with Crippen LogP contribution in [0, 0.1) is 0 Å². The highest BCUT2D eigenvalue weighted by Gasteiger charge is 2.51. The Hall–Kier alpha value is -5.86. The van der Waals surface area contributed by atoms with Gasteiger partial charge in [0.1, 0.15) is 11.5 Å². The van der Waals surface area contributed by atoms with E-state index in [2.05, 4.69) is 168 Å². The Kier molecular flexibility index (Phi) is 4.95. The summed E-state index contributed by atoms with van der Waals surface area (Å²) in [7, 11) is 0. The molecule has 1 aliphatic carbocycles. The van der Waals surface area contributed by atoms with Crippen molar-refractivity contribution in [1.82, 2.24) is 4.57 Å². The SMILES string of the molecule is c1ccc(-c2ccc3c(c2)c2cc4c(cc2n3-c2ccccc2)C2(c3ccccc3Oc3ccccc32)c2ccccc2-4)cc1. The van der Waals surface area contributed by atoms with E-state index in [4.69, 9.17) is 4.74 Å². The maximum absolute atomic E-state index is 6.57. The smallest absolute Gasteiger partial charge is 0.132 e. The van der Waals surface area contributed by atoms with Gasteiger partial charge >= 0.3 is 0 Å². The summed E-state index contributed by atoms with van der Waals surface area (Å²) in [5.74, 6) is 1.82. The Balaban J connectivity index is 1.38. The summed E-state index contributed by atoms with van der Waals surface area (Å²) in [6, 6.07) is 59.4. The molecular formula is C43H27NO. The minimum atomic E-state index is -0.501. The minimum Gasteiger partial charge on any atom is -0.457 e. The van der Waals surface area contributed by atoms with E-state index in [9.17, 15) is 0 Å². The molecule has 2 aliphatic rings. The number of para-hydroxylation sites is 3. The van der Waals surface area contributed by atoms with Crippen molar-refractivity contribution in [3.05, 3.63) is 186 Å². The van der Waals surface area contributed by atoms with Gasteiger partial charge in [0, 0.05) is 27.6 Å². The van der Waals surface area contributed by atoms with Crippen LogP contribution in [-0.4, -0.2) is 4.57 Å². The van der Waals surface area contributed by atoms with Crippen molar-refractivity contribution in [1.29, 1.82) is 0 Å². The monoisotopic (exact) mass is 573 g/mol. The highest BCUT2D eigenvalue weighted by atomic mass is 16.5. The van der Waals surface area contributed by atoms with E-state index < -0.39 is 5.41 Å². The summed E-state index contributed by atoms with van der Waals surface area (Å²) in [6.45, 7) is 0. The quantitative estimate of drug-likeness (QED) is 0.201. The lowest BCUT2D eigenvalue weighted by atomic mass is 9.66. The van der Waals surface area contributed by atoms with Gasteiger partial charge in [-0.3, -0.25) is 0 Å². The Bertz CT molecular complexity index is 2410. The lowest BCUT2D eigenvalue weighted by molar-refractivity contribution is 0.436. The largest absolute Gasteiger partial charge is 0.457 e. The predicted octanol–water partition coefficient (Wildman–Crippen LogP) is 10.9. The first kappa shape index (κ1) is 24.6. The van der Waals surface area contributed by atoms with Crippen LogP contribution in [0.25, 0.3) is 49.7 Å². The molecular weight excluding hydrogens is 546 g/mol. The van der Waals surface area contributed by atoms with E-state index >= 15 is 0 Å². The molecule has 0 fully saturated rings. The van der Waals surface area contributed by atoms with Gasteiger partial charge in [0.05, 0.1) is 16.4 Å². The van der Waals surface area contributed by atoms with Crippen LogP contribution in [0.3, 0.4) is 0 Å². The van der Waals surface area contributed by atoms with Crippen LogP contribution < -0.4 is 4.74 Å². The molecule has 8 aromatic rings. The third-order valence-corrected chi connectivity index (χ3v) is 9.85. The molecule has 0 unspecified atom stereocenters. The van der Waals surface area contributed by atoms with Gasteiger partial charge in [-0.25, -0.2) is 0 Å². The third kappa shape index (κ3) is 3.23. The molecule has 0 radical (unpaired) electrons. The van der Waals surface area contributed by atoms with Gasteiger partial charge in [-0.15, -0.1) is 0 Å². The molecule has 2 nitrogen and oxygen atoms in total. The molecule has 45 heavy (non-hydrogen) atoms. The fraction of sp³-hybridized carbons (Fsp3) is 0.0233. The Morgan fingerprint density at radius 3 is 1.73 bits per heavy atom. The zero-order chi connectivity index (χ0) is 29.5. The lowest BCUT2D eigenvalue weighted by Crippen LogP contribution is -2.32. The van der Waals surface area contributed by atoms with Crippen molar-refractivity contribution in [2.45, 2.75) is 5.41 Å². The summed E-state index contributed by atoms with van der Waals surface area (Å²) in [4.78, 5) is 0. The van der Waals surface area contributed by atoms with Crippen LogP contribution in [0.2, 0.25) is 0 Å². The Labute approximate surface area is 261 Å². The van der Waals surface area contributed by atoms with E-state index in [0.29, 0.717) is 0 Å². The average molecular weight is 574 g/mol. The van der Waals surface area contributed by atoms with Crippen LogP contribution >= 0.6 is 0 Å². The van der Waals surface area contributed by atoms with Gasteiger partial charge in [0.15, 0.2) is 0 Å². The molecule has 0 amide bonds. The van der Waals surface area contributed by atoms with Gasteiger partial charge < -0.3 is 9.30 Å². The number of hydrogen-bond acceptors (Lipinski definition) is 1. The summed E-state index contributed by atoms with van der Waals surface area (Å²) >= 11 is 0. The summed E-state index contributed by atoms with van der Waals surface area (Å²) in [6.07, 6.45) is 0. The number of benzene rings is 7. The molecule has 1 aromatic heterocycles. The zero-order valence-corrected chi connectivity index (χ0v) is 24.4. The van der Waals surface area contributed by atoms with E-state index in [1.54, 1.807) is 0 Å². The second kappa shape index (κ2) is 9.07. The molecule has 0 bridgehead atoms. The van der Waals surface area contributed by atoms with Gasteiger partial charge in [-0.05, 0) is 81.9 Å². The first-order valence-corrected chi connectivity index (χ1v) is 15.5. The van der Waals surface area contributed by atoms with E-state index in [1.807, 2.05) is 0 Å². The van der Waals surface area contributed by atoms with Gasteiger partial charge in [-0.1, -0.05) is 115 Å². The average Bonchev–Trinajstić information content (AvgIpc) is 3.58. The number of aromatic nitrogens is 1. The maximum atomic E-state index is 6.57. The highest BCUT2D eigenvalue weighted by Crippen LogP contribution is 2.62. The van der Waals surface area contributed by atoms with Crippen molar-refractivity contribution < 1.29 is 4.74 Å². The first-order chi connectivity index (χ1) is 22.3. The minimum absolute atomic E-state index is 0.501. The van der Waals surface area contributed by atoms with E-state index in [-0.39, 0.29) is 0 Å². The number of nitrogens with zero attached hydrogens (tertiary/aromatic N) is 1. The summed E-state index contributed by atoms with van der Waals surface area (Å²) in [5.41, 5.74) is 13.0. The highest BCUT2D eigenvalue weighted by molar-refractivity contribution is 6.13. The van der Waals surface area contributed by atoms with Crippen LogP contribution in [0.5, 0.6) is 11.5 Å². The molecule has 7 aromatic carbocycles. The molecule has 0 N–H and O–H groups in total. The molecule has 0 saturated carbocycles. The molecule has 10 rings (SSSR count). The topological polar surface area (TPSA) is 14.2 Å². The van der Waals surface area contributed by atoms with Gasteiger partial charge in [0.25, 0.3) is 0 Å². The molecule has 0 saturated heterocycles. The van der Waals surface area contributed by atoms with Crippen molar-refractivity contribution >= 4 is 21.8 Å². The molecule has 2 heterocycles. The van der Waals surface area contributed by atoms with Crippen molar-refractivity contribution in [2.24, 2.45) is 0 Å². The van der Waals surface area contributed by atoms with Crippen molar-refractivity contribution in [2.75, 3.05) is 0 Å². The van der Waals surface area contributed by atoms with Gasteiger partial charge in [0.2, 0.25) is 0 Å². The van der Waals surface area contributed by atoms with Crippen LogP contribution in [0.15, 0.2) is 164 Å². The number of ether oxygens (including phenoxy) is 1. The standard InChI is InChI=1S/C43H27NO/c1-3-13-28(14-4-1)29-23-24-39-33(25-29)34-26-32-31-17-7-8-18-35(31)43(38(32)27-40(34)44(39)30-15-5-2-6-16-30)36-19-9-11-21-41(36)45-42-22-12-10-20-37(42)43/h1-27H. The summed E-state index contributed by atoms with van der Waals surface area (Å²) in [5, 5.41) is 2.51. The number of rotatable bonds is 2. The third-order valence-electron chi connectivity index (χ3n) is 9.85. The van der Waals surface area contributed by atoms with Crippen molar-refractivity contribution in [3.63, 3.8) is 0 Å². The van der Waals surface area contributed by atoms with Crippen LogP contribution in [0.4, 0.5) is 0 Å². The lowest BCUT2D eigenvalue weighted by Gasteiger charge is -2.39. The Morgan fingerprint density at radius 1 is 0.400 bits per heavy atom. The fourth-order valence-electron chi connectivity index (χ4n) is 8.03. The van der Waals surface area contributed by atoms with Crippen LogP contribution in [0.1, 0.15) is 22.3 Å². The molecule has 210 valence electrons.